The first-order valence-electron chi connectivity index (χ1n) is 4.00. The number of amides is 1. The minimum Gasteiger partial charge on any atom is -0.358 e. The predicted octanol–water partition coefficient (Wildman–Crippen LogP) is 0.416. The lowest BCUT2D eigenvalue weighted by Crippen LogP contribution is -2.42. The summed E-state index contributed by atoms with van der Waals surface area (Å²) in [5, 5.41) is 2.67. The Bertz CT molecular complexity index is 139. The third-order valence-electron chi connectivity index (χ3n) is 1.77. The van der Waals surface area contributed by atoms with Gasteiger partial charge in [0.2, 0.25) is 5.91 Å². The number of thioether (sulfide) groups is 1. The molecule has 0 spiro atoms. The van der Waals surface area contributed by atoms with Crippen molar-refractivity contribution in [2.45, 2.75) is 12.5 Å². The number of carbonyl (C=O) groups is 1. The van der Waals surface area contributed by atoms with Crippen molar-refractivity contribution in [1.29, 1.82) is 0 Å². The lowest BCUT2D eigenvalue weighted by Gasteiger charge is -2.21. The van der Waals surface area contributed by atoms with Crippen LogP contribution < -0.4 is 5.32 Å². The van der Waals surface area contributed by atoms with Gasteiger partial charge < -0.3 is 5.32 Å². The molecule has 0 saturated carbocycles. The molecule has 4 heteroatoms. The van der Waals surface area contributed by atoms with Gasteiger partial charge >= 0.3 is 0 Å². The molecule has 0 aromatic heterocycles. The van der Waals surface area contributed by atoms with Gasteiger partial charge in [0.15, 0.2) is 0 Å². The summed E-state index contributed by atoms with van der Waals surface area (Å²) in [6.07, 6.45) is 2.96. The maximum Gasteiger partial charge on any atom is 0.237 e. The van der Waals surface area contributed by atoms with Crippen molar-refractivity contribution in [1.82, 2.24) is 10.2 Å². The monoisotopic (exact) mass is 190 g/mol. The Morgan fingerprint density at radius 2 is 2.17 bits per heavy atom. The average Bonchev–Trinajstić information content (AvgIpc) is 2.04. The molecule has 0 saturated heterocycles. The molecule has 0 heterocycles. The van der Waals surface area contributed by atoms with E-state index in [0.29, 0.717) is 0 Å². The van der Waals surface area contributed by atoms with E-state index in [-0.39, 0.29) is 11.9 Å². The van der Waals surface area contributed by atoms with Crippen LogP contribution in [0.1, 0.15) is 6.42 Å². The highest BCUT2D eigenvalue weighted by Gasteiger charge is 2.18. The fraction of sp³-hybridized carbons (Fsp3) is 0.875. The van der Waals surface area contributed by atoms with E-state index in [2.05, 4.69) is 11.6 Å². The van der Waals surface area contributed by atoms with Crippen LogP contribution in [0.25, 0.3) is 0 Å². The second-order valence-corrected chi connectivity index (χ2v) is 3.86. The Morgan fingerprint density at radius 1 is 1.58 bits per heavy atom. The highest BCUT2D eigenvalue weighted by atomic mass is 32.2. The minimum atomic E-state index is 0.0162. The van der Waals surface area contributed by atoms with E-state index in [0.717, 1.165) is 12.2 Å². The first-order valence-corrected chi connectivity index (χ1v) is 5.39. The number of carbonyl (C=O) groups excluding carboxylic acids is 1. The van der Waals surface area contributed by atoms with Crippen molar-refractivity contribution in [3.05, 3.63) is 0 Å². The van der Waals surface area contributed by atoms with Crippen LogP contribution >= 0.6 is 11.8 Å². The first-order chi connectivity index (χ1) is 5.63. The van der Waals surface area contributed by atoms with E-state index in [4.69, 9.17) is 0 Å². The Labute approximate surface area is 78.9 Å². The molecular weight excluding hydrogens is 172 g/mol. The SMILES string of the molecule is CNC(=O)C(CCSC)N(C)C. The molecule has 0 aliphatic carbocycles. The molecule has 0 radical (unpaired) electrons. The lowest BCUT2D eigenvalue weighted by atomic mass is 10.2. The highest BCUT2D eigenvalue weighted by Crippen LogP contribution is 2.04. The Balaban J connectivity index is 3.95. The van der Waals surface area contributed by atoms with Gasteiger partial charge in [-0.3, -0.25) is 9.69 Å². The smallest absolute Gasteiger partial charge is 0.237 e. The molecule has 1 N–H and O–H groups in total. The molecule has 1 atom stereocenters. The van der Waals surface area contributed by atoms with E-state index in [1.165, 1.54) is 0 Å². The summed E-state index contributed by atoms with van der Waals surface area (Å²) in [7, 11) is 5.54. The molecule has 0 aliphatic rings. The van der Waals surface area contributed by atoms with E-state index < -0.39 is 0 Å². The molecule has 0 rings (SSSR count). The third kappa shape index (κ3) is 3.97. The average molecular weight is 190 g/mol. The Kier molecular flexibility index (Phi) is 6.20. The molecule has 1 unspecified atom stereocenters. The summed E-state index contributed by atoms with van der Waals surface area (Å²) >= 11 is 1.77. The maximum atomic E-state index is 11.3. The van der Waals surface area contributed by atoms with Gasteiger partial charge in [-0.2, -0.15) is 11.8 Å². The van der Waals surface area contributed by atoms with Gasteiger partial charge in [-0.15, -0.1) is 0 Å². The second kappa shape index (κ2) is 6.31. The topological polar surface area (TPSA) is 32.3 Å². The fourth-order valence-electron chi connectivity index (χ4n) is 1.02. The van der Waals surface area contributed by atoms with Crippen LogP contribution in [-0.2, 0) is 4.79 Å². The zero-order chi connectivity index (χ0) is 9.56. The Morgan fingerprint density at radius 3 is 2.50 bits per heavy atom. The number of likely N-dealkylation sites (N-methyl/N-ethyl adjacent to an activating group) is 2. The van der Waals surface area contributed by atoms with E-state index in [1.807, 2.05) is 19.0 Å². The molecule has 0 aromatic rings. The maximum absolute atomic E-state index is 11.3. The molecule has 3 nitrogen and oxygen atoms in total. The van der Waals surface area contributed by atoms with Gasteiger partial charge in [0.05, 0.1) is 6.04 Å². The fourth-order valence-corrected chi connectivity index (χ4v) is 1.48. The molecule has 12 heavy (non-hydrogen) atoms. The zero-order valence-corrected chi connectivity index (χ0v) is 9.07. The largest absolute Gasteiger partial charge is 0.358 e. The van der Waals surface area contributed by atoms with Crippen molar-refractivity contribution < 1.29 is 4.79 Å². The Hall–Kier alpha value is -0.220. The molecule has 1 amide bonds. The molecule has 0 fully saturated rings. The first kappa shape index (κ1) is 11.8. The van der Waals surface area contributed by atoms with Crippen LogP contribution in [0.2, 0.25) is 0 Å². The summed E-state index contributed by atoms with van der Waals surface area (Å²) in [4.78, 5) is 13.3. The standard InChI is InChI=1S/C8H18N2OS/c1-9-8(11)7(10(2)3)5-6-12-4/h7H,5-6H2,1-4H3,(H,9,11). The van der Waals surface area contributed by atoms with E-state index >= 15 is 0 Å². The number of hydrogen-bond acceptors (Lipinski definition) is 3. The zero-order valence-electron chi connectivity index (χ0n) is 8.26. The van der Waals surface area contributed by atoms with Crippen LogP contribution in [-0.4, -0.2) is 50.0 Å². The van der Waals surface area contributed by atoms with Crippen molar-refractivity contribution in [3.63, 3.8) is 0 Å². The van der Waals surface area contributed by atoms with Crippen molar-refractivity contribution >= 4 is 17.7 Å². The molecule has 0 aliphatic heterocycles. The molecule has 0 bridgehead atoms. The van der Waals surface area contributed by atoms with Gasteiger partial charge in [-0.1, -0.05) is 0 Å². The van der Waals surface area contributed by atoms with Gasteiger partial charge in [0, 0.05) is 7.05 Å². The van der Waals surface area contributed by atoms with Crippen LogP contribution in [0.5, 0.6) is 0 Å². The van der Waals surface area contributed by atoms with E-state index in [1.54, 1.807) is 18.8 Å². The summed E-state index contributed by atoms with van der Waals surface area (Å²) < 4.78 is 0. The van der Waals surface area contributed by atoms with E-state index in [9.17, 15) is 4.79 Å². The van der Waals surface area contributed by atoms with Crippen LogP contribution in [0.15, 0.2) is 0 Å². The summed E-state index contributed by atoms with van der Waals surface area (Å²) in [6.45, 7) is 0. The summed E-state index contributed by atoms with van der Waals surface area (Å²) in [6, 6.07) is 0.0162. The third-order valence-corrected chi connectivity index (χ3v) is 2.41. The molecular formula is C8H18N2OS. The van der Waals surface area contributed by atoms with Gasteiger partial charge in [-0.25, -0.2) is 0 Å². The van der Waals surface area contributed by atoms with Crippen LogP contribution in [0.4, 0.5) is 0 Å². The quantitative estimate of drug-likeness (QED) is 0.682. The predicted molar refractivity (Wildman–Crippen MR) is 54.5 cm³/mol. The summed E-state index contributed by atoms with van der Waals surface area (Å²) in [5.74, 6) is 1.13. The number of nitrogens with zero attached hydrogens (tertiary/aromatic N) is 1. The van der Waals surface area contributed by atoms with Crippen molar-refractivity contribution in [3.8, 4) is 0 Å². The normalized spacial score (nSPS) is 13.1. The lowest BCUT2D eigenvalue weighted by molar-refractivity contribution is -0.125. The van der Waals surface area contributed by atoms with Crippen LogP contribution in [0, 0.1) is 0 Å². The van der Waals surface area contributed by atoms with Gasteiger partial charge in [0.1, 0.15) is 0 Å². The van der Waals surface area contributed by atoms with Crippen LogP contribution in [0.3, 0.4) is 0 Å². The van der Waals surface area contributed by atoms with Crippen molar-refractivity contribution in [2.75, 3.05) is 33.2 Å². The highest BCUT2D eigenvalue weighted by molar-refractivity contribution is 7.98. The molecule has 72 valence electrons. The summed E-state index contributed by atoms with van der Waals surface area (Å²) in [5.41, 5.74) is 0. The van der Waals surface area contributed by atoms with Gasteiger partial charge in [0.25, 0.3) is 0 Å². The number of nitrogens with one attached hydrogen (secondary N) is 1. The number of hydrogen-bond donors (Lipinski definition) is 1. The number of rotatable bonds is 5. The van der Waals surface area contributed by atoms with Gasteiger partial charge in [-0.05, 0) is 32.5 Å². The van der Waals surface area contributed by atoms with Crippen molar-refractivity contribution in [2.24, 2.45) is 0 Å². The minimum absolute atomic E-state index is 0.0162. The second-order valence-electron chi connectivity index (χ2n) is 2.88. The molecule has 0 aromatic carbocycles.